The molecule has 1 aliphatic rings. The minimum atomic E-state index is -0.294. The Morgan fingerprint density at radius 2 is 1.83 bits per heavy atom. The van der Waals surface area contributed by atoms with Gasteiger partial charge in [0, 0.05) is 5.69 Å². The van der Waals surface area contributed by atoms with Crippen LogP contribution in [0.15, 0.2) is 24.3 Å². The highest BCUT2D eigenvalue weighted by Gasteiger charge is 2.22. The Hall–Kier alpha value is -1.42. The maximum absolute atomic E-state index is 12.8. The molecular weight excluding hydrogens is 231 g/mol. The van der Waals surface area contributed by atoms with Crippen LogP contribution in [0.25, 0.3) is 0 Å². The molecule has 3 nitrogen and oxygen atoms in total. The van der Waals surface area contributed by atoms with Crippen molar-refractivity contribution in [2.24, 2.45) is 0 Å². The number of rotatable bonds is 3. The highest BCUT2D eigenvalue weighted by Crippen LogP contribution is 2.14. The first-order chi connectivity index (χ1) is 8.66. The van der Waals surface area contributed by atoms with Gasteiger partial charge in [0.25, 0.3) is 0 Å². The summed E-state index contributed by atoms with van der Waals surface area (Å²) in [6, 6.07) is 5.73. The van der Waals surface area contributed by atoms with Crippen molar-refractivity contribution in [2.45, 2.75) is 32.2 Å². The fourth-order valence-corrected chi connectivity index (χ4v) is 2.25. The number of piperidine rings is 1. The van der Waals surface area contributed by atoms with E-state index in [2.05, 4.69) is 10.2 Å². The molecule has 0 spiro atoms. The van der Waals surface area contributed by atoms with Crippen molar-refractivity contribution in [1.29, 1.82) is 0 Å². The molecule has 1 aromatic carbocycles. The molecule has 1 N–H and O–H groups in total. The highest BCUT2D eigenvalue weighted by atomic mass is 19.1. The molecule has 1 atom stereocenters. The van der Waals surface area contributed by atoms with Crippen molar-refractivity contribution in [3.8, 4) is 0 Å². The SMILES string of the molecule is C[C@H](C(=O)Nc1ccc(F)cc1)N1CCCCC1. The summed E-state index contributed by atoms with van der Waals surface area (Å²) >= 11 is 0. The van der Waals surface area contributed by atoms with E-state index in [-0.39, 0.29) is 17.8 Å². The molecule has 18 heavy (non-hydrogen) atoms. The Morgan fingerprint density at radius 1 is 1.22 bits per heavy atom. The third-order valence-electron chi connectivity index (χ3n) is 3.43. The lowest BCUT2D eigenvalue weighted by molar-refractivity contribution is -0.121. The van der Waals surface area contributed by atoms with Gasteiger partial charge >= 0.3 is 0 Å². The molecule has 1 heterocycles. The van der Waals surface area contributed by atoms with E-state index in [1.165, 1.54) is 18.6 Å². The third kappa shape index (κ3) is 3.29. The molecule has 98 valence electrons. The molecule has 1 fully saturated rings. The van der Waals surface area contributed by atoms with Gasteiger partial charge in [0.1, 0.15) is 5.82 Å². The smallest absolute Gasteiger partial charge is 0.241 e. The van der Waals surface area contributed by atoms with Gasteiger partial charge in [0.05, 0.1) is 6.04 Å². The summed E-state index contributed by atoms with van der Waals surface area (Å²) < 4.78 is 12.8. The van der Waals surface area contributed by atoms with Crippen molar-refractivity contribution in [2.75, 3.05) is 18.4 Å². The van der Waals surface area contributed by atoms with Gasteiger partial charge in [0.15, 0.2) is 0 Å². The summed E-state index contributed by atoms with van der Waals surface area (Å²) in [4.78, 5) is 14.2. The molecule has 0 saturated carbocycles. The average Bonchev–Trinajstić information content (AvgIpc) is 2.41. The van der Waals surface area contributed by atoms with E-state index in [0.717, 1.165) is 25.9 Å². The molecule has 1 aromatic rings. The van der Waals surface area contributed by atoms with Crippen molar-refractivity contribution in [3.05, 3.63) is 30.1 Å². The zero-order chi connectivity index (χ0) is 13.0. The second kappa shape index (κ2) is 5.96. The van der Waals surface area contributed by atoms with Crippen molar-refractivity contribution >= 4 is 11.6 Å². The van der Waals surface area contributed by atoms with Crippen LogP contribution in [0.2, 0.25) is 0 Å². The summed E-state index contributed by atoms with van der Waals surface area (Å²) in [5.41, 5.74) is 0.644. The Morgan fingerprint density at radius 3 is 2.44 bits per heavy atom. The van der Waals surface area contributed by atoms with Crippen LogP contribution in [0, 0.1) is 5.82 Å². The number of hydrogen-bond donors (Lipinski definition) is 1. The molecule has 4 heteroatoms. The predicted molar refractivity (Wildman–Crippen MR) is 69.9 cm³/mol. The van der Waals surface area contributed by atoms with Gasteiger partial charge in [-0.1, -0.05) is 6.42 Å². The van der Waals surface area contributed by atoms with Gasteiger partial charge in [-0.05, 0) is 57.1 Å². The topological polar surface area (TPSA) is 32.3 Å². The summed E-state index contributed by atoms with van der Waals surface area (Å²) in [7, 11) is 0. The number of amides is 1. The van der Waals surface area contributed by atoms with Crippen LogP contribution in [0.1, 0.15) is 26.2 Å². The fraction of sp³-hybridized carbons (Fsp3) is 0.500. The second-order valence-corrected chi connectivity index (χ2v) is 4.77. The lowest BCUT2D eigenvalue weighted by atomic mass is 10.1. The maximum Gasteiger partial charge on any atom is 0.241 e. The quantitative estimate of drug-likeness (QED) is 0.894. The Balaban J connectivity index is 1.92. The first kappa shape index (κ1) is 13.0. The van der Waals surface area contributed by atoms with E-state index >= 15 is 0 Å². The molecule has 1 aliphatic heterocycles. The van der Waals surface area contributed by atoms with E-state index in [4.69, 9.17) is 0 Å². The molecule has 0 radical (unpaired) electrons. The lowest BCUT2D eigenvalue weighted by Gasteiger charge is -2.31. The van der Waals surface area contributed by atoms with E-state index in [1.807, 2.05) is 6.92 Å². The van der Waals surface area contributed by atoms with E-state index in [1.54, 1.807) is 12.1 Å². The van der Waals surface area contributed by atoms with Crippen LogP contribution in [0.3, 0.4) is 0 Å². The van der Waals surface area contributed by atoms with E-state index < -0.39 is 0 Å². The number of anilines is 1. The van der Waals surface area contributed by atoms with Gasteiger partial charge < -0.3 is 5.32 Å². The minimum Gasteiger partial charge on any atom is -0.325 e. The summed E-state index contributed by atoms with van der Waals surface area (Å²) in [6.45, 7) is 3.89. The fourth-order valence-electron chi connectivity index (χ4n) is 2.25. The van der Waals surface area contributed by atoms with Gasteiger partial charge in [0.2, 0.25) is 5.91 Å². The molecule has 1 amide bonds. The first-order valence-electron chi connectivity index (χ1n) is 6.47. The van der Waals surface area contributed by atoms with Gasteiger partial charge in [-0.2, -0.15) is 0 Å². The third-order valence-corrected chi connectivity index (χ3v) is 3.43. The molecule has 1 saturated heterocycles. The number of carbonyl (C=O) groups excluding carboxylic acids is 1. The zero-order valence-corrected chi connectivity index (χ0v) is 10.7. The summed E-state index contributed by atoms with van der Waals surface area (Å²) in [5, 5.41) is 2.82. The van der Waals surface area contributed by atoms with Gasteiger partial charge in [-0.15, -0.1) is 0 Å². The van der Waals surface area contributed by atoms with E-state index in [9.17, 15) is 9.18 Å². The molecule has 0 unspecified atom stereocenters. The van der Waals surface area contributed by atoms with Gasteiger partial charge in [-0.3, -0.25) is 9.69 Å². The Bertz CT molecular complexity index is 399. The molecule has 0 aliphatic carbocycles. The lowest BCUT2D eigenvalue weighted by Crippen LogP contribution is -2.44. The highest BCUT2D eigenvalue weighted by molar-refractivity contribution is 5.94. The van der Waals surface area contributed by atoms with Crippen molar-refractivity contribution in [1.82, 2.24) is 4.90 Å². The van der Waals surface area contributed by atoms with E-state index in [0.29, 0.717) is 5.69 Å². The predicted octanol–water partition coefficient (Wildman–Crippen LogP) is 2.64. The van der Waals surface area contributed by atoms with Crippen LogP contribution in [0.5, 0.6) is 0 Å². The van der Waals surface area contributed by atoms with Crippen LogP contribution in [-0.4, -0.2) is 29.9 Å². The Labute approximate surface area is 107 Å². The van der Waals surface area contributed by atoms with Crippen molar-refractivity contribution in [3.63, 3.8) is 0 Å². The monoisotopic (exact) mass is 250 g/mol. The number of benzene rings is 1. The number of nitrogens with zero attached hydrogens (tertiary/aromatic N) is 1. The molecule has 0 aromatic heterocycles. The minimum absolute atomic E-state index is 0.0245. The Kier molecular flexibility index (Phi) is 4.31. The number of halogens is 1. The first-order valence-corrected chi connectivity index (χ1v) is 6.47. The summed E-state index contributed by atoms with van der Waals surface area (Å²) in [5.74, 6) is -0.319. The van der Waals surface area contributed by atoms with Crippen LogP contribution >= 0.6 is 0 Å². The summed E-state index contributed by atoms with van der Waals surface area (Å²) in [6.07, 6.45) is 3.57. The standard InChI is InChI=1S/C14H19FN2O/c1-11(17-9-3-2-4-10-17)14(18)16-13-7-5-12(15)6-8-13/h5-8,11H,2-4,9-10H2,1H3,(H,16,18)/t11-/m1/s1. The number of nitrogens with one attached hydrogen (secondary N) is 1. The normalized spacial score (nSPS) is 18.3. The zero-order valence-electron chi connectivity index (χ0n) is 10.7. The largest absolute Gasteiger partial charge is 0.325 e. The average molecular weight is 250 g/mol. The molecule has 2 rings (SSSR count). The number of likely N-dealkylation sites (tertiary alicyclic amines) is 1. The van der Waals surface area contributed by atoms with Crippen molar-refractivity contribution < 1.29 is 9.18 Å². The van der Waals surface area contributed by atoms with Crippen LogP contribution < -0.4 is 5.32 Å². The van der Waals surface area contributed by atoms with Gasteiger partial charge in [-0.25, -0.2) is 4.39 Å². The number of hydrogen-bond acceptors (Lipinski definition) is 2. The second-order valence-electron chi connectivity index (χ2n) is 4.77. The van der Waals surface area contributed by atoms with Crippen LogP contribution in [-0.2, 0) is 4.79 Å². The molecular formula is C14H19FN2O. The van der Waals surface area contributed by atoms with Crippen LogP contribution in [0.4, 0.5) is 10.1 Å². The number of carbonyl (C=O) groups is 1. The molecule has 0 bridgehead atoms. The maximum atomic E-state index is 12.8.